The Kier molecular flexibility index (Phi) is 6.67. The van der Waals surface area contributed by atoms with Gasteiger partial charge < -0.3 is 10.1 Å². The first-order valence-electron chi connectivity index (χ1n) is 8.45. The van der Waals surface area contributed by atoms with Gasteiger partial charge in [0, 0.05) is 0 Å². The third-order valence-electron chi connectivity index (χ3n) is 4.27. The SMILES string of the molecule is CC(=O)[C@@H](Cc1ccccc1)NC(=O)COC(=O)c1cccc(C)c1C. The number of ketones is 1. The average Bonchev–Trinajstić information content (AvgIpc) is 2.62. The maximum atomic E-state index is 12.2. The van der Waals surface area contributed by atoms with Crippen molar-refractivity contribution >= 4 is 17.7 Å². The van der Waals surface area contributed by atoms with Gasteiger partial charge >= 0.3 is 5.97 Å². The summed E-state index contributed by atoms with van der Waals surface area (Å²) in [5.41, 5.74) is 3.18. The standard InChI is InChI=1S/C21H23NO4/c1-14-8-7-11-18(15(14)2)21(25)26-13-20(24)22-19(16(3)23)12-17-9-5-4-6-10-17/h4-11,19H,12-13H2,1-3H3,(H,22,24)/t19-/m1/s1. The molecule has 5 nitrogen and oxygen atoms in total. The molecule has 1 atom stereocenters. The minimum Gasteiger partial charge on any atom is -0.452 e. The van der Waals surface area contributed by atoms with Crippen LogP contribution in [0.15, 0.2) is 48.5 Å². The van der Waals surface area contributed by atoms with E-state index in [1.807, 2.05) is 50.2 Å². The van der Waals surface area contributed by atoms with E-state index in [0.717, 1.165) is 16.7 Å². The van der Waals surface area contributed by atoms with Gasteiger partial charge in [-0.2, -0.15) is 0 Å². The lowest BCUT2D eigenvalue weighted by Gasteiger charge is -2.16. The van der Waals surface area contributed by atoms with Crippen LogP contribution in [0.2, 0.25) is 0 Å². The van der Waals surface area contributed by atoms with Crippen molar-refractivity contribution in [2.45, 2.75) is 33.2 Å². The molecule has 0 aliphatic heterocycles. The topological polar surface area (TPSA) is 72.5 Å². The van der Waals surface area contributed by atoms with Crippen molar-refractivity contribution in [3.8, 4) is 0 Å². The number of Topliss-reactive ketones (excluding diaryl/α,β-unsaturated/α-hetero) is 1. The second kappa shape index (κ2) is 8.94. The van der Waals surface area contributed by atoms with Crippen LogP contribution in [-0.4, -0.2) is 30.3 Å². The van der Waals surface area contributed by atoms with Crippen LogP contribution in [0.25, 0.3) is 0 Å². The van der Waals surface area contributed by atoms with Crippen molar-refractivity contribution in [1.29, 1.82) is 0 Å². The monoisotopic (exact) mass is 353 g/mol. The van der Waals surface area contributed by atoms with E-state index in [1.165, 1.54) is 6.92 Å². The molecule has 1 amide bonds. The Morgan fingerprint density at radius 1 is 1.00 bits per heavy atom. The minimum atomic E-state index is -0.649. The zero-order valence-electron chi connectivity index (χ0n) is 15.2. The molecular weight excluding hydrogens is 330 g/mol. The summed E-state index contributed by atoms with van der Waals surface area (Å²) in [5.74, 6) is -1.20. The summed E-state index contributed by atoms with van der Waals surface area (Å²) in [4.78, 5) is 36.1. The fourth-order valence-corrected chi connectivity index (χ4v) is 2.56. The molecule has 0 unspecified atom stereocenters. The number of rotatable bonds is 7. The number of hydrogen-bond acceptors (Lipinski definition) is 4. The number of nitrogens with one attached hydrogen (secondary N) is 1. The van der Waals surface area contributed by atoms with E-state index in [0.29, 0.717) is 12.0 Å². The smallest absolute Gasteiger partial charge is 0.338 e. The Labute approximate surface area is 153 Å². The molecule has 136 valence electrons. The fraction of sp³-hybridized carbons (Fsp3) is 0.286. The van der Waals surface area contributed by atoms with Crippen molar-refractivity contribution in [3.63, 3.8) is 0 Å². The molecule has 0 aliphatic rings. The highest BCUT2D eigenvalue weighted by Crippen LogP contribution is 2.13. The Hall–Kier alpha value is -2.95. The first kappa shape index (κ1) is 19.4. The molecule has 1 N–H and O–H groups in total. The molecule has 2 aromatic carbocycles. The van der Waals surface area contributed by atoms with Gasteiger partial charge in [-0.05, 0) is 49.9 Å². The predicted molar refractivity (Wildman–Crippen MR) is 99.0 cm³/mol. The van der Waals surface area contributed by atoms with E-state index in [9.17, 15) is 14.4 Å². The normalized spacial score (nSPS) is 11.5. The summed E-state index contributed by atoms with van der Waals surface area (Å²) in [7, 11) is 0. The largest absolute Gasteiger partial charge is 0.452 e. The van der Waals surface area contributed by atoms with Crippen molar-refractivity contribution in [1.82, 2.24) is 5.32 Å². The number of carbonyl (C=O) groups excluding carboxylic acids is 3. The van der Waals surface area contributed by atoms with Gasteiger partial charge in [-0.25, -0.2) is 4.79 Å². The Morgan fingerprint density at radius 3 is 2.35 bits per heavy atom. The number of ether oxygens (including phenoxy) is 1. The first-order chi connectivity index (χ1) is 12.4. The van der Waals surface area contributed by atoms with E-state index < -0.39 is 24.5 Å². The molecule has 0 heterocycles. The number of esters is 1. The van der Waals surface area contributed by atoms with Crippen LogP contribution in [0.1, 0.15) is 34.0 Å². The molecule has 2 rings (SSSR count). The summed E-state index contributed by atoms with van der Waals surface area (Å²) in [6, 6.07) is 14.1. The molecular formula is C21H23NO4. The summed E-state index contributed by atoms with van der Waals surface area (Å²) < 4.78 is 5.09. The third kappa shape index (κ3) is 5.28. The van der Waals surface area contributed by atoms with Crippen LogP contribution in [0.5, 0.6) is 0 Å². The van der Waals surface area contributed by atoms with Crippen molar-refractivity contribution in [2.75, 3.05) is 6.61 Å². The fourth-order valence-electron chi connectivity index (χ4n) is 2.56. The predicted octanol–water partition coefficient (Wildman–Crippen LogP) is 2.78. The van der Waals surface area contributed by atoms with Gasteiger partial charge in [-0.15, -0.1) is 0 Å². The minimum absolute atomic E-state index is 0.150. The summed E-state index contributed by atoms with van der Waals surface area (Å²) in [6.45, 7) is 4.73. The van der Waals surface area contributed by atoms with Crippen LogP contribution in [-0.2, 0) is 20.7 Å². The van der Waals surface area contributed by atoms with Gasteiger partial charge in [0.25, 0.3) is 5.91 Å². The molecule has 0 saturated carbocycles. The van der Waals surface area contributed by atoms with Gasteiger partial charge in [0.05, 0.1) is 11.6 Å². The average molecular weight is 353 g/mol. The van der Waals surface area contributed by atoms with E-state index in [-0.39, 0.29) is 5.78 Å². The molecule has 0 radical (unpaired) electrons. The third-order valence-corrected chi connectivity index (χ3v) is 4.27. The maximum Gasteiger partial charge on any atom is 0.338 e. The zero-order chi connectivity index (χ0) is 19.1. The highest BCUT2D eigenvalue weighted by molar-refractivity contribution is 5.93. The van der Waals surface area contributed by atoms with E-state index in [2.05, 4.69) is 5.32 Å². The lowest BCUT2D eigenvalue weighted by molar-refractivity contribution is -0.128. The number of hydrogen-bond donors (Lipinski definition) is 1. The van der Waals surface area contributed by atoms with Crippen LogP contribution in [0, 0.1) is 13.8 Å². The number of carbonyl (C=O) groups is 3. The Bertz CT molecular complexity index is 799. The number of aryl methyl sites for hydroxylation is 1. The van der Waals surface area contributed by atoms with E-state index >= 15 is 0 Å². The van der Waals surface area contributed by atoms with Gasteiger partial charge in [0.15, 0.2) is 12.4 Å². The van der Waals surface area contributed by atoms with Crippen LogP contribution < -0.4 is 5.32 Å². The van der Waals surface area contributed by atoms with Crippen molar-refractivity contribution in [3.05, 3.63) is 70.8 Å². The lowest BCUT2D eigenvalue weighted by atomic mass is 10.0. The van der Waals surface area contributed by atoms with Gasteiger partial charge in [0.2, 0.25) is 0 Å². The number of benzene rings is 2. The van der Waals surface area contributed by atoms with Crippen molar-refractivity contribution < 1.29 is 19.1 Å². The van der Waals surface area contributed by atoms with Gasteiger partial charge in [-0.1, -0.05) is 42.5 Å². The zero-order valence-corrected chi connectivity index (χ0v) is 15.2. The van der Waals surface area contributed by atoms with Gasteiger partial charge in [0.1, 0.15) is 0 Å². The quantitative estimate of drug-likeness (QED) is 0.777. The van der Waals surface area contributed by atoms with Crippen LogP contribution in [0.3, 0.4) is 0 Å². The molecule has 0 fully saturated rings. The van der Waals surface area contributed by atoms with Gasteiger partial charge in [-0.3, -0.25) is 9.59 Å². The Morgan fingerprint density at radius 2 is 1.69 bits per heavy atom. The first-order valence-corrected chi connectivity index (χ1v) is 8.45. The molecule has 5 heteroatoms. The summed E-state index contributed by atoms with van der Waals surface area (Å²) in [5, 5.41) is 2.63. The van der Waals surface area contributed by atoms with Crippen LogP contribution >= 0.6 is 0 Å². The molecule has 0 saturated heterocycles. The lowest BCUT2D eigenvalue weighted by Crippen LogP contribution is -2.43. The Balaban J connectivity index is 1.93. The highest BCUT2D eigenvalue weighted by Gasteiger charge is 2.19. The second-order valence-electron chi connectivity index (χ2n) is 6.24. The molecule has 0 aliphatic carbocycles. The number of amides is 1. The highest BCUT2D eigenvalue weighted by atomic mass is 16.5. The summed E-state index contributed by atoms with van der Waals surface area (Å²) >= 11 is 0. The molecule has 2 aromatic rings. The molecule has 26 heavy (non-hydrogen) atoms. The molecule has 0 bridgehead atoms. The van der Waals surface area contributed by atoms with E-state index in [1.54, 1.807) is 12.1 Å². The molecule has 0 spiro atoms. The van der Waals surface area contributed by atoms with Crippen LogP contribution in [0.4, 0.5) is 0 Å². The molecule has 0 aromatic heterocycles. The van der Waals surface area contributed by atoms with E-state index in [4.69, 9.17) is 4.74 Å². The van der Waals surface area contributed by atoms with Crippen molar-refractivity contribution in [2.24, 2.45) is 0 Å². The summed E-state index contributed by atoms with van der Waals surface area (Å²) in [6.07, 6.45) is 0.396. The second-order valence-corrected chi connectivity index (χ2v) is 6.24. The maximum absolute atomic E-state index is 12.2.